The Morgan fingerprint density at radius 1 is 1.14 bits per heavy atom. The maximum Gasteiger partial charge on any atom is 0.118 e. The van der Waals surface area contributed by atoms with Crippen LogP contribution in [0, 0.1) is 0 Å². The fraction of sp³-hybridized carbons (Fsp3) is 0.455. The molecule has 3 nitrogen and oxygen atoms in total. The highest BCUT2D eigenvalue weighted by Crippen LogP contribution is 2.10. The molecule has 6 N–H and O–H groups in total. The van der Waals surface area contributed by atoms with Gasteiger partial charge in [-0.3, -0.25) is 0 Å². The smallest absolute Gasteiger partial charge is 0.118 e. The summed E-state index contributed by atoms with van der Waals surface area (Å²) in [6.45, 7) is 3.00. The van der Waals surface area contributed by atoms with Gasteiger partial charge in [-0.2, -0.15) is 0 Å². The third kappa shape index (κ3) is 6.31. The SMILES string of the molecule is Nc1ccccc1N.[2H]NCCCCC. The van der Waals surface area contributed by atoms with E-state index in [1.165, 1.54) is 12.8 Å². The second-order valence-electron chi connectivity index (χ2n) is 3.09. The number of hydrogen-bond donors (Lipinski definition) is 3. The molecule has 3 heteroatoms. The molecular weight excluding hydrogens is 174 g/mol. The number of para-hydroxylation sites is 2. The number of benzene rings is 1. The number of hydrogen-bond acceptors (Lipinski definition) is 3. The van der Waals surface area contributed by atoms with Gasteiger partial charge < -0.3 is 17.2 Å². The molecule has 0 saturated carbocycles. The first-order chi connectivity index (χ1) is 7.22. The van der Waals surface area contributed by atoms with Crippen molar-refractivity contribution >= 4 is 11.4 Å². The molecule has 1 rings (SSSR count). The van der Waals surface area contributed by atoms with Crippen LogP contribution in [0.1, 0.15) is 26.2 Å². The molecule has 0 aliphatic carbocycles. The zero-order valence-corrected chi connectivity index (χ0v) is 8.79. The first-order valence-electron chi connectivity index (χ1n) is 5.47. The van der Waals surface area contributed by atoms with E-state index < -0.39 is 0 Å². The molecule has 0 heterocycles. The van der Waals surface area contributed by atoms with Crippen LogP contribution >= 0.6 is 0 Å². The summed E-state index contributed by atoms with van der Waals surface area (Å²) < 4.78 is 6.53. The van der Waals surface area contributed by atoms with E-state index in [-0.39, 0.29) is 0 Å². The van der Waals surface area contributed by atoms with E-state index in [4.69, 9.17) is 12.9 Å². The lowest BCUT2D eigenvalue weighted by molar-refractivity contribution is 0.727. The third-order valence-corrected chi connectivity index (χ3v) is 1.78. The normalized spacial score (nSPS) is 9.93. The molecule has 0 aliphatic heterocycles. The van der Waals surface area contributed by atoms with Crippen LogP contribution in [-0.4, -0.2) is 6.54 Å². The van der Waals surface area contributed by atoms with Crippen LogP contribution in [0.15, 0.2) is 24.3 Å². The van der Waals surface area contributed by atoms with Crippen molar-refractivity contribution in [2.75, 3.05) is 18.0 Å². The lowest BCUT2D eigenvalue weighted by atomic mass is 10.3. The van der Waals surface area contributed by atoms with Gasteiger partial charge in [-0.15, -0.1) is 0 Å². The monoisotopic (exact) mass is 196 g/mol. The topological polar surface area (TPSA) is 78.1 Å². The van der Waals surface area contributed by atoms with E-state index >= 15 is 0 Å². The Morgan fingerprint density at radius 2 is 1.71 bits per heavy atom. The molecule has 0 fully saturated rings. The molecule has 0 saturated heterocycles. The highest BCUT2D eigenvalue weighted by atomic mass is 14.7. The predicted octanol–water partition coefficient (Wildman–Crippen LogP) is 1.99. The molecule has 0 unspecified atom stereocenters. The van der Waals surface area contributed by atoms with Gasteiger partial charge in [0, 0.05) is 0 Å². The van der Waals surface area contributed by atoms with Gasteiger partial charge in [-0.25, -0.2) is 0 Å². The summed E-state index contributed by atoms with van der Waals surface area (Å²) in [5.41, 5.74) is 14.4. The number of rotatable bonds is 4. The summed E-state index contributed by atoms with van der Waals surface area (Å²) in [7, 11) is 0. The summed E-state index contributed by atoms with van der Waals surface area (Å²) in [6.07, 6.45) is 3.62. The average Bonchev–Trinajstić information content (AvgIpc) is 2.24. The Balaban J connectivity index is 0.000000265. The fourth-order valence-corrected chi connectivity index (χ4v) is 0.886. The zero-order valence-electron chi connectivity index (χ0n) is 9.79. The van der Waals surface area contributed by atoms with Gasteiger partial charge in [-0.1, -0.05) is 31.9 Å². The van der Waals surface area contributed by atoms with Crippen LogP contribution in [0.25, 0.3) is 0 Å². The Bertz CT molecular complexity index is 228. The van der Waals surface area contributed by atoms with Crippen molar-refractivity contribution in [3.05, 3.63) is 24.3 Å². The highest BCUT2D eigenvalue weighted by molar-refractivity contribution is 5.62. The highest BCUT2D eigenvalue weighted by Gasteiger charge is 1.85. The van der Waals surface area contributed by atoms with Gasteiger partial charge in [0.2, 0.25) is 0 Å². The van der Waals surface area contributed by atoms with E-state index in [1.54, 1.807) is 12.1 Å². The predicted molar refractivity (Wildman–Crippen MR) is 63.8 cm³/mol. The van der Waals surface area contributed by atoms with E-state index in [2.05, 4.69) is 12.7 Å². The first kappa shape index (κ1) is 10.9. The molecule has 14 heavy (non-hydrogen) atoms. The zero-order chi connectivity index (χ0) is 11.5. The lowest BCUT2D eigenvalue weighted by Gasteiger charge is -1.94. The van der Waals surface area contributed by atoms with E-state index in [9.17, 15) is 0 Å². The molecule has 0 aromatic heterocycles. The maximum absolute atomic E-state index is 6.53. The average molecular weight is 196 g/mol. The van der Waals surface area contributed by atoms with Crippen LogP contribution in [0.4, 0.5) is 11.4 Å². The van der Waals surface area contributed by atoms with Crippen LogP contribution in [0.3, 0.4) is 0 Å². The summed E-state index contributed by atoms with van der Waals surface area (Å²) in [6, 6.07) is 7.25. The van der Waals surface area contributed by atoms with E-state index in [1.807, 2.05) is 12.1 Å². The molecule has 1 aromatic rings. The largest absolute Gasteiger partial charge is 0.397 e. The lowest BCUT2D eigenvalue weighted by Crippen LogP contribution is -1.96. The van der Waals surface area contributed by atoms with Crippen molar-refractivity contribution in [1.82, 2.24) is 0 Å². The van der Waals surface area contributed by atoms with Crippen LogP contribution in [-0.2, 0) is 0 Å². The van der Waals surface area contributed by atoms with Gasteiger partial charge in [-0.05, 0) is 25.1 Å². The van der Waals surface area contributed by atoms with Gasteiger partial charge >= 0.3 is 0 Å². The van der Waals surface area contributed by atoms with Crippen molar-refractivity contribution in [2.45, 2.75) is 26.2 Å². The molecule has 0 atom stereocenters. The van der Waals surface area contributed by atoms with E-state index in [0.717, 1.165) is 13.0 Å². The van der Waals surface area contributed by atoms with Crippen LogP contribution in [0.2, 0.25) is 1.41 Å². The van der Waals surface area contributed by atoms with Crippen molar-refractivity contribution in [1.29, 1.82) is 0 Å². The third-order valence-electron chi connectivity index (χ3n) is 1.78. The molecule has 0 amide bonds. The number of anilines is 2. The Kier molecular flexibility index (Phi) is 6.50. The fourth-order valence-electron chi connectivity index (χ4n) is 0.886. The molecule has 0 aliphatic rings. The standard InChI is InChI=1S/C6H8N2.C5H13N/c7-5-3-1-2-4-6(5)8;1-2-3-4-5-6/h1-4H,7-8H2;2-6H2,1H3/i/hD. The number of nitrogens with two attached hydrogens (primary N) is 3. The molecule has 1 aromatic carbocycles. The van der Waals surface area contributed by atoms with Crippen molar-refractivity contribution in [3.8, 4) is 0 Å². The summed E-state index contributed by atoms with van der Waals surface area (Å²) in [5, 5.41) is 0. The molecule has 0 bridgehead atoms. The quantitative estimate of drug-likeness (QED) is 0.509. The van der Waals surface area contributed by atoms with Gasteiger partial charge in [0.25, 0.3) is 0 Å². The Morgan fingerprint density at radius 3 is 2.07 bits per heavy atom. The second-order valence-corrected chi connectivity index (χ2v) is 3.09. The van der Waals surface area contributed by atoms with Crippen molar-refractivity contribution in [2.24, 2.45) is 5.73 Å². The van der Waals surface area contributed by atoms with Crippen LogP contribution in [0.5, 0.6) is 0 Å². The summed E-state index contributed by atoms with van der Waals surface area (Å²) in [5.74, 6) is 0. The minimum atomic E-state index is 0.646. The summed E-state index contributed by atoms with van der Waals surface area (Å²) >= 11 is 0. The number of nitrogen functional groups attached to an aromatic ring is 2. The molecular formula is C11H21N3. The van der Waals surface area contributed by atoms with Crippen molar-refractivity contribution in [3.63, 3.8) is 0 Å². The minimum Gasteiger partial charge on any atom is -0.397 e. The molecule has 80 valence electrons. The summed E-state index contributed by atoms with van der Waals surface area (Å²) in [4.78, 5) is 0. The Labute approximate surface area is 87.7 Å². The van der Waals surface area contributed by atoms with Gasteiger partial charge in [0.05, 0.1) is 11.4 Å². The van der Waals surface area contributed by atoms with Gasteiger partial charge in [0.1, 0.15) is 1.41 Å². The maximum atomic E-state index is 6.53. The molecule has 0 radical (unpaired) electrons. The minimum absolute atomic E-state index is 0.646. The Hall–Kier alpha value is -1.22. The first-order valence-corrected chi connectivity index (χ1v) is 4.97. The second kappa shape index (κ2) is 8.38. The molecule has 0 spiro atoms. The van der Waals surface area contributed by atoms with Gasteiger partial charge in [0.15, 0.2) is 0 Å². The number of unbranched alkanes of at least 4 members (excludes halogenated alkanes) is 2. The van der Waals surface area contributed by atoms with Crippen molar-refractivity contribution < 1.29 is 1.41 Å². The van der Waals surface area contributed by atoms with E-state index in [0.29, 0.717) is 11.4 Å². The van der Waals surface area contributed by atoms with Crippen LogP contribution < -0.4 is 17.2 Å².